The molecule has 2 amide bonds. The van der Waals surface area contributed by atoms with E-state index in [1.54, 1.807) is 17.1 Å². The molecule has 7 heteroatoms. The minimum atomic E-state index is -0.988. The Labute approximate surface area is 196 Å². The van der Waals surface area contributed by atoms with Crippen LogP contribution >= 0.6 is 0 Å². The van der Waals surface area contributed by atoms with E-state index in [0.29, 0.717) is 17.9 Å². The van der Waals surface area contributed by atoms with E-state index in [1.807, 2.05) is 38.1 Å². The van der Waals surface area contributed by atoms with Crippen molar-refractivity contribution < 1.29 is 24.5 Å². The number of benzene rings is 1. The number of aliphatic hydroxyl groups is 2. The first-order valence-electron chi connectivity index (χ1n) is 11.9. The van der Waals surface area contributed by atoms with Crippen molar-refractivity contribution in [2.75, 3.05) is 19.7 Å². The molecular formula is C26H36N2O5. The lowest BCUT2D eigenvalue weighted by Gasteiger charge is -2.40. The molecule has 4 unspecified atom stereocenters. The van der Waals surface area contributed by atoms with Gasteiger partial charge < -0.3 is 25.2 Å². The van der Waals surface area contributed by atoms with Gasteiger partial charge in [-0.25, -0.2) is 0 Å². The quantitative estimate of drug-likeness (QED) is 0.371. The topological polar surface area (TPSA) is 99.1 Å². The summed E-state index contributed by atoms with van der Waals surface area (Å²) in [6.45, 7) is 6.29. The molecule has 1 aromatic carbocycles. The van der Waals surface area contributed by atoms with Crippen LogP contribution in [-0.4, -0.2) is 64.9 Å². The number of hydrogen-bond donors (Lipinski definition) is 3. The number of carbonyl (C=O) groups excluding carboxylic acids is 2. The van der Waals surface area contributed by atoms with Gasteiger partial charge in [-0.05, 0) is 32.4 Å². The van der Waals surface area contributed by atoms with E-state index in [4.69, 9.17) is 4.74 Å². The third-order valence-electron chi connectivity index (χ3n) is 6.18. The minimum absolute atomic E-state index is 0.126. The minimum Gasteiger partial charge on any atom is -0.486 e. The van der Waals surface area contributed by atoms with Gasteiger partial charge in [0.2, 0.25) is 11.8 Å². The summed E-state index contributed by atoms with van der Waals surface area (Å²) < 4.78 is 6.12. The highest BCUT2D eigenvalue weighted by Gasteiger charge is 2.50. The number of hydrogen-bond acceptors (Lipinski definition) is 5. The Morgan fingerprint density at radius 2 is 1.94 bits per heavy atom. The Bertz CT molecular complexity index is 906. The molecule has 1 aliphatic carbocycles. The second-order valence-corrected chi connectivity index (χ2v) is 8.99. The summed E-state index contributed by atoms with van der Waals surface area (Å²) in [4.78, 5) is 27.9. The maximum Gasteiger partial charge on any atom is 0.247 e. The molecule has 1 aromatic rings. The lowest BCUT2D eigenvalue weighted by atomic mass is 9.77. The van der Waals surface area contributed by atoms with Crippen molar-refractivity contribution in [3.8, 4) is 5.75 Å². The lowest BCUT2D eigenvalue weighted by Crippen LogP contribution is -2.55. The van der Waals surface area contributed by atoms with Gasteiger partial charge in [0.25, 0.3) is 0 Å². The fourth-order valence-electron chi connectivity index (χ4n) is 4.64. The second-order valence-electron chi connectivity index (χ2n) is 8.99. The molecule has 0 spiro atoms. The molecule has 0 saturated carbocycles. The zero-order valence-corrected chi connectivity index (χ0v) is 19.8. The van der Waals surface area contributed by atoms with Gasteiger partial charge in [0.1, 0.15) is 18.0 Å². The number of nitrogens with zero attached hydrogens (tertiary/aromatic N) is 1. The molecule has 0 saturated heterocycles. The van der Waals surface area contributed by atoms with E-state index >= 15 is 0 Å². The average Bonchev–Trinajstić information content (AvgIpc) is 3.18. The Balaban J connectivity index is 1.99. The number of unbranched alkanes of at least 4 members (excludes halogenated alkanes) is 3. The van der Waals surface area contributed by atoms with Crippen LogP contribution in [-0.2, 0) is 9.59 Å². The summed E-state index contributed by atoms with van der Waals surface area (Å²) in [7, 11) is 0. The maximum absolute atomic E-state index is 13.2. The van der Waals surface area contributed by atoms with E-state index < -0.39 is 24.2 Å². The molecule has 3 rings (SSSR count). The summed E-state index contributed by atoms with van der Waals surface area (Å²) in [5.74, 6) is -0.308. The largest absolute Gasteiger partial charge is 0.486 e. The third kappa shape index (κ3) is 5.65. The van der Waals surface area contributed by atoms with Crippen molar-refractivity contribution in [2.45, 2.75) is 70.6 Å². The van der Waals surface area contributed by atoms with Crippen molar-refractivity contribution in [2.24, 2.45) is 0 Å². The van der Waals surface area contributed by atoms with Gasteiger partial charge in [-0.1, -0.05) is 50.0 Å². The number of para-hydroxylation sites is 1. The number of allylic oxidation sites excluding steroid dienone is 1. The number of aliphatic hydroxyl groups excluding tert-OH is 2. The number of ether oxygens (including phenoxy) is 1. The van der Waals surface area contributed by atoms with Crippen molar-refractivity contribution in [3.63, 3.8) is 0 Å². The number of fused-ring (bicyclic) bond motifs is 3. The smallest absolute Gasteiger partial charge is 0.247 e. The predicted octanol–water partition coefficient (Wildman–Crippen LogP) is 2.68. The Morgan fingerprint density at radius 1 is 1.18 bits per heavy atom. The highest BCUT2D eigenvalue weighted by molar-refractivity contribution is 5.96. The van der Waals surface area contributed by atoms with Gasteiger partial charge in [0.05, 0.1) is 18.6 Å². The molecule has 7 nitrogen and oxygen atoms in total. The van der Waals surface area contributed by atoms with Crippen LogP contribution in [0, 0.1) is 0 Å². The first kappa shape index (κ1) is 25.0. The van der Waals surface area contributed by atoms with Crippen LogP contribution < -0.4 is 10.1 Å². The molecule has 0 bridgehead atoms. The van der Waals surface area contributed by atoms with Gasteiger partial charge in [-0.15, -0.1) is 0 Å². The van der Waals surface area contributed by atoms with Crippen LogP contribution in [0.15, 0.2) is 47.6 Å². The van der Waals surface area contributed by atoms with Crippen LogP contribution in [0.1, 0.15) is 57.9 Å². The van der Waals surface area contributed by atoms with Crippen LogP contribution in [0.25, 0.3) is 0 Å². The van der Waals surface area contributed by atoms with Crippen LogP contribution in [0.4, 0.5) is 0 Å². The second kappa shape index (κ2) is 11.5. The summed E-state index contributed by atoms with van der Waals surface area (Å²) in [6, 6.07) is 6.77. The average molecular weight is 457 g/mol. The van der Waals surface area contributed by atoms with Crippen LogP contribution in [0.5, 0.6) is 5.75 Å². The van der Waals surface area contributed by atoms with E-state index in [9.17, 15) is 19.8 Å². The third-order valence-corrected chi connectivity index (χ3v) is 6.18. The van der Waals surface area contributed by atoms with Crippen molar-refractivity contribution >= 4 is 11.8 Å². The summed E-state index contributed by atoms with van der Waals surface area (Å²) in [5, 5.41) is 23.3. The van der Waals surface area contributed by atoms with Gasteiger partial charge in [-0.3, -0.25) is 9.59 Å². The molecular weight excluding hydrogens is 420 g/mol. The van der Waals surface area contributed by atoms with Gasteiger partial charge in [0, 0.05) is 30.3 Å². The Hall–Kier alpha value is -2.64. The zero-order chi connectivity index (χ0) is 24.0. The fourth-order valence-corrected chi connectivity index (χ4v) is 4.64. The first-order chi connectivity index (χ1) is 15.9. The van der Waals surface area contributed by atoms with E-state index in [-0.39, 0.29) is 25.0 Å². The lowest BCUT2D eigenvalue weighted by molar-refractivity contribution is -0.132. The molecule has 33 heavy (non-hydrogen) atoms. The summed E-state index contributed by atoms with van der Waals surface area (Å²) in [6.07, 6.45) is 5.59. The Kier molecular flexibility index (Phi) is 8.69. The number of amides is 2. The highest BCUT2D eigenvalue weighted by Crippen LogP contribution is 2.47. The highest BCUT2D eigenvalue weighted by atomic mass is 16.5. The molecule has 0 fully saturated rings. The number of rotatable bonds is 10. The molecule has 4 atom stereocenters. The molecule has 1 aliphatic heterocycles. The van der Waals surface area contributed by atoms with Gasteiger partial charge in [-0.2, -0.15) is 0 Å². The van der Waals surface area contributed by atoms with Gasteiger partial charge in [0.15, 0.2) is 0 Å². The summed E-state index contributed by atoms with van der Waals surface area (Å²) in [5.41, 5.74) is 2.17. The van der Waals surface area contributed by atoms with Crippen molar-refractivity contribution in [3.05, 3.63) is 53.1 Å². The molecule has 180 valence electrons. The zero-order valence-electron chi connectivity index (χ0n) is 19.8. The first-order valence-corrected chi connectivity index (χ1v) is 11.9. The van der Waals surface area contributed by atoms with Crippen molar-refractivity contribution in [1.82, 2.24) is 10.2 Å². The monoisotopic (exact) mass is 456 g/mol. The molecule has 3 N–H and O–H groups in total. The standard InChI is InChI=1S/C26H36N2O5/c1-4-5-6-9-13-28(22(30)15-17(2)3)20-16-19(26(32)27-12-14-29)23-18-10-7-8-11-21(18)33-25(23)24(20)31/h7-8,10-11,15-16,20,23-25,29,31H,4-6,9,12-14H2,1-3H3,(H,27,32). The van der Waals surface area contributed by atoms with E-state index in [1.165, 1.54) is 0 Å². The normalized spacial score (nSPS) is 23.0. The van der Waals surface area contributed by atoms with E-state index in [0.717, 1.165) is 36.8 Å². The number of nitrogens with one attached hydrogen (secondary N) is 1. The van der Waals surface area contributed by atoms with E-state index in [2.05, 4.69) is 12.2 Å². The van der Waals surface area contributed by atoms with Gasteiger partial charge >= 0.3 is 0 Å². The predicted molar refractivity (Wildman–Crippen MR) is 127 cm³/mol. The molecule has 0 aromatic heterocycles. The SMILES string of the molecule is CCCCCCN(C(=O)C=C(C)C)C1C=C(C(=O)NCCO)C2c3ccccc3OC2C1O. The van der Waals surface area contributed by atoms with Crippen LogP contribution in [0.2, 0.25) is 0 Å². The number of carbonyl (C=O) groups is 2. The molecule has 0 radical (unpaired) electrons. The van der Waals surface area contributed by atoms with Crippen LogP contribution in [0.3, 0.4) is 0 Å². The maximum atomic E-state index is 13.2. The summed E-state index contributed by atoms with van der Waals surface area (Å²) >= 11 is 0. The van der Waals surface area contributed by atoms with Crippen molar-refractivity contribution in [1.29, 1.82) is 0 Å². The molecule has 2 aliphatic rings. The Morgan fingerprint density at radius 3 is 2.64 bits per heavy atom. The molecule has 1 heterocycles. The fraction of sp³-hybridized carbons (Fsp3) is 0.538.